The van der Waals surface area contributed by atoms with E-state index in [9.17, 15) is 0 Å². The fourth-order valence-corrected chi connectivity index (χ4v) is 3.46. The van der Waals surface area contributed by atoms with Crippen molar-refractivity contribution in [1.82, 2.24) is 5.32 Å². The molecule has 1 saturated carbocycles. The Bertz CT molecular complexity index is 406. The maximum Gasteiger partial charge on any atom is -0.00460 e. The van der Waals surface area contributed by atoms with Gasteiger partial charge in [-0.25, -0.2) is 0 Å². The van der Waals surface area contributed by atoms with Gasteiger partial charge in [0.25, 0.3) is 0 Å². The zero-order chi connectivity index (χ0) is 12.4. The topological polar surface area (TPSA) is 12.0 Å². The van der Waals surface area contributed by atoms with E-state index in [-0.39, 0.29) is 0 Å². The van der Waals surface area contributed by atoms with Crippen LogP contribution in [0.25, 0.3) is 0 Å². The van der Waals surface area contributed by atoms with Gasteiger partial charge in [0.2, 0.25) is 0 Å². The zero-order valence-electron chi connectivity index (χ0n) is 11.5. The van der Waals surface area contributed by atoms with Crippen LogP contribution in [-0.2, 0) is 12.8 Å². The normalized spacial score (nSPS) is 20.5. The van der Waals surface area contributed by atoms with Gasteiger partial charge in [0.15, 0.2) is 0 Å². The second-order valence-corrected chi connectivity index (χ2v) is 6.07. The van der Waals surface area contributed by atoms with Crippen molar-refractivity contribution in [3.8, 4) is 0 Å². The summed E-state index contributed by atoms with van der Waals surface area (Å²) in [5, 5.41) is 3.31. The summed E-state index contributed by atoms with van der Waals surface area (Å²) in [7, 11) is 2.07. The van der Waals surface area contributed by atoms with Crippen LogP contribution in [0.4, 0.5) is 0 Å². The molecule has 1 atom stereocenters. The highest BCUT2D eigenvalue weighted by molar-refractivity contribution is 5.36. The number of hydrogen-bond donors (Lipinski definition) is 1. The van der Waals surface area contributed by atoms with Gasteiger partial charge in [-0.1, -0.05) is 18.2 Å². The molecule has 0 aliphatic heterocycles. The van der Waals surface area contributed by atoms with E-state index in [1.54, 1.807) is 16.7 Å². The summed E-state index contributed by atoms with van der Waals surface area (Å²) >= 11 is 0. The summed E-state index contributed by atoms with van der Waals surface area (Å²) < 4.78 is 0. The molecule has 1 fully saturated rings. The van der Waals surface area contributed by atoms with Crippen LogP contribution in [0.3, 0.4) is 0 Å². The molecule has 1 aromatic rings. The highest BCUT2D eigenvalue weighted by Crippen LogP contribution is 2.44. The molecule has 0 heterocycles. The molecular weight excluding hydrogens is 218 g/mol. The van der Waals surface area contributed by atoms with Crippen LogP contribution in [0.2, 0.25) is 0 Å². The van der Waals surface area contributed by atoms with Gasteiger partial charge < -0.3 is 5.32 Å². The van der Waals surface area contributed by atoms with E-state index in [1.165, 1.54) is 44.9 Å². The van der Waals surface area contributed by atoms with Crippen molar-refractivity contribution in [2.24, 2.45) is 5.92 Å². The molecule has 1 heteroatoms. The standard InChI is InChI=1S/C17H25N/c1-18-11-10-17(14-7-8-14)16-9-6-13-4-2-3-5-15(13)12-16/h6,9,12,14,17-18H,2-5,7-8,10-11H2,1H3. The molecule has 18 heavy (non-hydrogen) atoms. The lowest BCUT2D eigenvalue weighted by molar-refractivity contribution is 0.539. The van der Waals surface area contributed by atoms with Crippen LogP contribution in [0.15, 0.2) is 18.2 Å². The van der Waals surface area contributed by atoms with Gasteiger partial charge in [-0.15, -0.1) is 0 Å². The highest BCUT2D eigenvalue weighted by atomic mass is 14.8. The Morgan fingerprint density at radius 2 is 1.94 bits per heavy atom. The molecule has 3 rings (SSSR count). The second kappa shape index (κ2) is 5.44. The first-order chi connectivity index (χ1) is 8.88. The van der Waals surface area contributed by atoms with Gasteiger partial charge in [0.1, 0.15) is 0 Å². The molecule has 0 bridgehead atoms. The maximum absolute atomic E-state index is 3.31. The highest BCUT2D eigenvalue weighted by Gasteiger charge is 2.32. The molecule has 1 aromatic carbocycles. The summed E-state index contributed by atoms with van der Waals surface area (Å²) in [5.74, 6) is 1.78. The van der Waals surface area contributed by atoms with Crippen LogP contribution in [-0.4, -0.2) is 13.6 Å². The molecule has 0 radical (unpaired) electrons. The fourth-order valence-electron chi connectivity index (χ4n) is 3.46. The summed E-state index contributed by atoms with van der Waals surface area (Å²) in [5.41, 5.74) is 4.88. The van der Waals surface area contributed by atoms with Crippen molar-refractivity contribution in [2.45, 2.75) is 50.9 Å². The molecule has 0 amide bonds. The molecule has 1 nitrogen and oxygen atoms in total. The van der Waals surface area contributed by atoms with Gasteiger partial charge in [-0.3, -0.25) is 0 Å². The average Bonchev–Trinajstić information content (AvgIpc) is 3.24. The number of aryl methyl sites for hydroxylation is 2. The van der Waals surface area contributed by atoms with Crippen LogP contribution in [0.5, 0.6) is 0 Å². The number of benzene rings is 1. The van der Waals surface area contributed by atoms with Crippen molar-refractivity contribution in [2.75, 3.05) is 13.6 Å². The third-order valence-electron chi connectivity index (χ3n) is 4.70. The van der Waals surface area contributed by atoms with Gasteiger partial charge in [-0.05, 0) is 87.1 Å². The quantitative estimate of drug-likeness (QED) is 0.832. The predicted molar refractivity (Wildman–Crippen MR) is 77.1 cm³/mol. The molecule has 2 aliphatic carbocycles. The van der Waals surface area contributed by atoms with E-state index < -0.39 is 0 Å². The van der Waals surface area contributed by atoms with Crippen molar-refractivity contribution >= 4 is 0 Å². The lowest BCUT2D eigenvalue weighted by Gasteiger charge is -2.21. The number of nitrogens with one attached hydrogen (secondary N) is 1. The number of hydrogen-bond acceptors (Lipinski definition) is 1. The summed E-state index contributed by atoms with van der Waals surface area (Å²) in [4.78, 5) is 0. The molecule has 0 spiro atoms. The molecule has 2 aliphatic rings. The SMILES string of the molecule is CNCCC(c1ccc2c(c1)CCCC2)C1CC1. The molecule has 1 N–H and O–H groups in total. The van der Waals surface area contributed by atoms with Crippen molar-refractivity contribution in [3.63, 3.8) is 0 Å². The number of fused-ring (bicyclic) bond motifs is 1. The van der Waals surface area contributed by atoms with Gasteiger partial charge in [-0.2, -0.15) is 0 Å². The Hall–Kier alpha value is -0.820. The second-order valence-electron chi connectivity index (χ2n) is 6.07. The van der Waals surface area contributed by atoms with Crippen LogP contribution < -0.4 is 5.32 Å². The summed E-state index contributed by atoms with van der Waals surface area (Å²) in [6.07, 6.45) is 9.60. The Morgan fingerprint density at radius 3 is 2.67 bits per heavy atom. The smallest absolute Gasteiger partial charge is 0.00460 e. The van der Waals surface area contributed by atoms with Crippen molar-refractivity contribution in [1.29, 1.82) is 0 Å². The van der Waals surface area contributed by atoms with Gasteiger partial charge in [0, 0.05) is 0 Å². The maximum atomic E-state index is 3.31. The van der Waals surface area contributed by atoms with E-state index in [1.807, 2.05) is 0 Å². The van der Waals surface area contributed by atoms with E-state index in [4.69, 9.17) is 0 Å². The Morgan fingerprint density at radius 1 is 1.17 bits per heavy atom. The lowest BCUT2D eigenvalue weighted by atomic mass is 9.85. The Balaban J connectivity index is 1.80. The molecule has 0 aromatic heterocycles. The largest absolute Gasteiger partial charge is 0.320 e. The monoisotopic (exact) mass is 243 g/mol. The van der Waals surface area contributed by atoms with Gasteiger partial charge >= 0.3 is 0 Å². The van der Waals surface area contributed by atoms with E-state index in [0.717, 1.165) is 18.4 Å². The molecule has 98 valence electrons. The predicted octanol–water partition coefficient (Wildman–Crippen LogP) is 3.67. The first kappa shape index (κ1) is 12.2. The molecule has 1 unspecified atom stereocenters. The van der Waals surface area contributed by atoms with Crippen LogP contribution >= 0.6 is 0 Å². The fraction of sp³-hybridized carbons (Fsp3) is 0.647. The minimum atomic E-state index is 0.810. The number of rotatable bonds is 5. The van der Waals surface area contributed by atoms with Crippen molar-refractivity contribution in [3.05, 3.63) is 34.9 Å². The lowest BCUT2D eigenvalue weighted by Crippen LogP contribution is -2.14. The first-order valence-electron chi connectivity index (χ1n) is 7.65. The summed E-state index contributed by atoms with van der Waals surface area (Å²) in [6, 6.07) is 7.37. The first-order valence-corrected chi connectivity index (χ1v) is 7.65. The average molecular weight is 243 g/mol. The van der Waals surface area contributed by atoms with E-state index in [0.29, 0.717) is 0 Å². The third kappa shape index (κ3) is 2.61. The molecular formula is C17H25N. The zero-order valence-corrected chi connectivity index (χ0v) is 11.5. The van der Waals surface area contributed by atoms with Crippen LogP contribution in [0, 0.1) is 5.92 Å². The minimum Gasteiger partial charge on any atom is -0.320 e. The van der Waals surface area contributed by atoms with E-state index in [2.05, 4.69) is 30.6 Å². The molecule has 0 saturated heterocycles. The van der Waals surface area contributed by atoms with E-state index >= 15 is 0 Å². The van der Waals surface area contributed by atoms with Gasteiger partial charge in [0.05, 0.1) is 0 Å². The van der Waals surface area contributed by atoms with Crippen molar-refractivity contribution < 1.29 is 0 Å². The van der Waals surface area contributed by atoms with Crippen LogP contribution in [0.1, 0.15) is 54.7 Å². The Kier molecular flexibility index (Phi) is 3.69. The summed E-state index contributed by atoms with van der Waals surface area (Å²) in [6.45, 7) is 1.15. The Labute approximate surface area is 111 Å². The third-order valence-corrected chi connectivity index (χ3v) is 4.70. The minimum absolute atomic E-state index is 0.810.